The molecule has 1 aromatic heterocycles. The number of benzene rings is 1. The van der Waals surface area contributed by atoms with Gasteiger partial charge in [0.15, 0.2) is 11.5 Å². The Morgan fingerprint density at radius 3 is 2.56 bits per heavy atom. The van der Waals surface area contributed by atoms with Gasteiger partial charge in [0.05, 0.1) is 6.04 Å². The van der Waals surface area contributed by atoms with E-state index in [2.05, 4.69) is 24.1 Å². The van der Waals surface area contributed by atoms with Gasteiger partial charge in [-0.3, -0.25) is 9.78 Å². The first-order valence-electron chi connectivity index (χ1n) is 8.41. The number of hydrogen-bond acceptors (Lipinski definition) is 4. The van der Waals surface area contributed by atoms with E-state index in [0.717, 1.165) is 22.6 Å². The minimum absolute atomic E-state index is 0.106. The highest BCUT2D eigenvalue weighted by atomic mass is 16.6. The molecule has 2 heterocycles. The van der Waals surface area contributed by atoms with E-state index in [1.165, 1.54) is 0 Å². The fourth-order valence-electron chi connectivity index (χ4n) is 2.74. The highest BCUT2D eigenvalue weighted by Gasteiger charge is 2.20. The van der Waals surface area contributed by atoms with Gasteiger partial charge in [0.1, 0.15) is 13.2 Å². The summed E-state index contributed by atoms with van der Waals surface area (Å²) in [4.78, 5) is 16.3. The van der Waals surface area contributed by atoms with Crippen LogP contribution in [0.3, 0.4) is 0 Å². The molecule has 5 nitrogen and oxygen atoms in total. The summed E-state index contributed by atoms with van der Waals surface area (Å²) in [6.07, 6.45) is 6.72. The third-order valence-electron chi connectivity index (χ3n) is 4.02. The number of carbonyl (C=O) groups excluding carboxylic acids is 1. The van der Waals surface area contributed by atoms with Gasteiger partial charge in [-0.2, -0.15) is 0 Å². The molecule has 5 heteroatoms. The van der Waals surface area contributed by atoms with E-state index < -0.39 is 0 Å². The molecule has 1 N–H and O–H groups in total. The summed E-state index contributed by atoms with van der Waals surface area (Å²) in [7, 11) is 0. The van der Waals surface area contributed by atoms with Crippen LogP contribution in [0.1, 0.15) is 31.0 Å². The maximum absolute atomic E-state index is 12.3. The molecule has 0 saturated carbocycles. The molecule has 1 amide bonds. The van der Waals surface area contributed by atoms with E-state index in [1.807, 2.05) is 30.3 Å². The second-order valence-electron chi connectivity index (χ2n) is 6.25. The van der Waals surface area contributed by atoms with Gasteiger partial charge in [0, 0.05) is 18.5 Å². The van der Waals surface area contributed by atoms with Crippen molar-refractivity contribution >= 4 is 12.0 Å². The number of nitrogens with zero attached hydrogens (tertiary/aromatic N) is 1. The van der Waals surface area contributed by atoms with E-state index >= 15 is 0 Å². The van der Waals surface area contributed by atoms with Crippen molar-refractivity contribution in [1.29, 1.82) is 0 Å². The summed E-state index contributed by atoms with van der Waals surface area (Å²) in [5.74, 6) is 1.59. The summed E-state index contributed by atoms with van der Waals surface area (Å²) in [5.41, 5.74) is 1.94. The van der Waals surface area contributed by atoms with E-state index in [-0.39, 0.29) is 17.9 Å². The number of hydrogen-bond donors (Lipinski definition) is 1. The molecule has 0 fully saturated rings. The van der Waals surface area contributed by atoms with Crippen LogP contribution in [0.4, 0.5) is 0 Å². The fourth-order valence-corrected chi connectivity index (χ4v) is 2.74. The maximum atomic E-state index is 12.3. The summed E-state index contributed by atoms with van der Waals surface area (Å²) >= 11 is 0. The average molecular weight is 338 g/mol. The number of aromatic nitrogens is 1. The lowest BCUT2D eigenvalue weighted by molar-refractivity contribution is -0.117. The van der Waals surface area contributed by atoms with Gasteiger partial charge in [-0.1, -0.05) is 19.9 Å². The standard InChI is InChI=1S/C20H22N2O3/c1-14(2)20(16-4-5-17-18(13-16)25-12-11-24-17)22-19(23)6-3-15-7-9-21-10-8-15/h3-10,13-14,20H,11-12H2,1-2H3,(H,22,23)/b6-3+. The SMILES string of the molecule is CC(C)C(NC(=O)/C=C/c1ccncc1)c1ccc2c(c1)OCCO2. The average Bonchev–Trinajstić information content (AvgIpc) is 2.64. The molecule has 0 bridgehead atoms. The number of rotatable bonds is 5. The van der Waals surface area contributed by atoms with Crippen molar-refractivity contribution in [2.75, 3.05) is 13.2 Å². The monoisotopic (exact) mass is 338 g/mol. The zero-order valence-electron chi connectivity index (χ0n) is 14.4. The predicted octanol–water partition coefficient (Wildman–Crippen LogP) is 3.38. The largest absolute Gasteiger partial charge is 0.486 e. The fraction of sp³-hybridized carbons (Fsp3) is 0.300. The minimum atomic E-state index is -0.134. The molecule has 1 unspecified atom stereocenters. The first-order valence-corrected chi connectivity index (χ1v) is 8.41. The number of carbonyl (C=O) groups is 1. The van der Waals surface area contributed by atoms with E-state index in [9.17, 15) is 4.79 Å². The number of ether oxygens (including phenoxy) is 2. The number of nitrogens with one attached hydrogen (secondary N) is 1. The Morgan fingerprint density at radius 1 is 1.12 bits per heavy atom. The minimum Gasteiger partial charge on any atom is -0.486 e. The van der Waals surface area contributed by atoms with Crippen molar-refractivity contribution in [1.82, 2.24) is 10.3 Å². The Kier molecular flexibility index (Phi) is 5.33. The van der Waals surface area contributed by atoms with Crippen LogP contribution in [0.2, 0.25) is 0 Å². The van der Waals surface area contributed by atoms with Crippen LogP contribution in [0.5, 0.6) is 11.5 Å². The van der Waals surface area contributed by atoms with Crippen LogP contribution in [0, 0.1) is 5.92 Å². The molecule has 130 valence electrons. The lowest BCUT2D eigenvalue weighted by Crippen LogP contribution is -2.30. The van der Waals surface area contributed by atoms with Crippen LogP contribution < -0.4 is 14.8 Å². The predicted molar refractivity (Wildman–Crippen MR) is 96.4 cm³/mol. The highest BCUT2D eigenvalue weighted by Crippen LogP contribution is 2.34. The van der Waals surface area contributed by atoms with Gasteiger partial charge >= 0.3 is 0 Å². The van der Waals surface area contributed by atoms with Gasteiger partial charge in [-0.15, -0.1) is 0 Å². The zero-order valence-corrected chi connectivity index (χ0v) is 14.4. The normalized spacial score (nSPS) is 14.5. The van der Waals surface area contributed by atoms with Gasteiger partial charge in [-0.05, 0) is 47.4 Å². The third kappa shape index (κ3) is 4.38. The highest BCUT2D eigenvalue weighted by molar-refractivity contribution is 5.92. The molecular weight excluding hydrogens is 316 g/mol. The van der Waals surface area contributed by atoms with Crippen molar-refractivity contribution in [2.24, 2.45) is 5.92 Å². The van der Waals surface area contributed by atoms with Crippen molar-refractivity contribution < 1.29 is 14.3 Å². The van der Waals surface area contributed by atoms with Crippen LogP contribution in [-0.4, -0.2) is 24.1 Å². The lowest BCUT2D eigenvalue weighted by atomic mass is 9.95. The van der Waals surface area contributed by atoms with Gasteiger partial charge < -0.3 is 14.8 Å². The molecule has 1 atom stereocenters. The van der Waals surface area contributed by atoms with Crippen molar-refractivity contribution in [3.05, 3.63) is 59.9 Å². The Labute approximate surface area is 147 Å². The van der Waals surface area contributed by atoms with Crippen molar-refractivity contribution in [3.63, 3.8) is 0 Å². The summed E-state index contributed by atoms with van der Waals surface area (Å²) in [5, 5.41) is 3.07. The van der Waals surface area contributed by atoms with Gasteiger partial charge in [-0.25, -0.2) is 0 Å². The second kappa shape index (κ2) is 7.83. The maximum Gasteiger partial charge on any atom is 0.244 e. The summed E-state index contributed by atoms with van der Waals surface area (Å²) in [6, 6.07) is 9.43. The van der Waals surface area contributed by atoms with Crippen LogP contribution in [0.25, 0.3) is 6.08 Å². The number of pyridine rings is 1. The lowest BCUT2D eigenvalue weighted by Gasteiger charge is -2.25. The molecule has 3 rings (SSSR count). The Morgan fingerprint density at radius 2 is 1.84 bits per heavy atom. The Hall–Kier alpha value is -2.82. The molecule has 0 aliphatic carbocycles. The first-order chi connectivity index (χ1) is 12.1. The molecule has 25 heavy (non-hydrogen) atoms. The smallest absolute Gasteiger partial charge is 0.244 e. The molecule has 0 radical (unpaired) electrons. The number of amides is 1. The summed E-state index contributed by atoms with van der Waals surface area (Å²) in [6.45, 7) is 5.27. The molecule has 0 saturated heterocycles. The summed E-state index contributed by atoms with van der Waals surface area (Å²) < 4.78 is 11.2. The quantitative estimate of drug-likeness (QED) is 0.849. The molecule has 2 aromatic rings. The zero-order chi connectivity index (χ0) is 17.6. The topological polar surface area (TPSA) is 60.5 Å². The van der Waals surface area contributed by atoms with Gasteiger partial charge in [0.25, 0.3) is 0 Å². The third-order valence-corrected chi connectivity index (χ3v) is 4.02. The van der Waals surface area contributed by atoms with Crippen LogP contribution in [0.15, 0.2) is 48.8 Å². The van der Waals surface area contributed by atoms with Gasteiger partial charge in [0.2, 0.25) is 5.91 Å². The molecular formula is C20H22N2O3. The van der Waals surface area contributed by atoms with Crippen molar-refractivity contribution in [3.8, 4) is 11.5 Å². The van der Waals surface area contributed by atoms with E-state index in [0.29, 0.717) is 13.2 Å². The van der Waals surface area contributed by atoms with Crippen LogP contribution in [-0.2, 0) is 4.79 Å². The number of fused-ring (bicyclic) bond motifs is 1. The Balaban J connectivity index is 1.73. The van der Waals surface area contributed by atoms with E-state index in [1.54, 1.807) is 24.5 Å². The van der Waals surface area contributed by atoms with Crippen molar-refractivity contribution in [2.45, 2.75) is 19.9 Å². The first kappa shape index (κ1) is 17.0. The second-order valence-corrected chi connectivity index (χ2v) is 6.25. The van der Waals surface area contributed by atoms with E-state index in [4.69, 9.17) is 9.47 Å². The molecule has 0 spiro atoms. The molecule has 1 aromatic carbocycles. The molecule has 1 aliphatic heterocycles. The Bertz CT molecular complexity index is 757. The molecule has 1 aliphatic rings. The van der Waals surface area contributed by atoms with Crippen LogP contribution >= 0.6 is 0 Å².